The third-order valence-electron chi connectivity index (χ3n) is 4.85. The molecule has 1 saturated heterocycles. The Labute approximate surface area is 141 Å². The highest BCUT2D eigenvalue weighted by Gasteiger charge is 2.20. The summed E-state index contributed by atoms with van der Waals surface area (Å²) in [5, 5.41) is 6.02. The minimum Gasteiger partial charge on any atom is -0.379 e. The number of ether oxygens (including phenoxy) is 1. The van der Waals surface area contributed by atoms with E-state index in [2.05, 4.69) is 58.7 Å². The molecule has 0 amide bonds. The molecule has 0 atom stereocenters. The normalized spacial score (nSPS) is 16.7. The van der Waals surface area contributed by atoms with E-state index in [1.807, 2.05) is 0 Å². The molecule has 2 aliphatic rings. The van der Waals surface area contributed by atoms with E-state index in [9.17, 15) is 0 Å². The molecule has 4 nitrogen and oxygen atoms in total. The van der Waals surface area contributed by atoms with Gasteiger partial charge in [0.1, 0.15) is 0 Å². The van der Waals surface area contributed by atoms with Gasteiger partial charge in [-0.3, -0.25) is 9.88 Å². The van der Waals surface area contributed by atoms with Crippen LogP contribution in [0.2, 0.25) is 0 Å². The van der Waals surface area contributed by atoms with Crippen LogP contribution in [0.4, 0.5) is 11.4 Å². The van der Waals surface area contributed by atoms with E-state index in [4.69, 9.17) is 9.72 Å². The monoisotopic (exact) mass is 317 g/mol. The van der Waals surface area contributed by atoms with Crippen LogP contribution in [0, 0.1) is 0 Å². The Morgan fingerprint density at radius 1 is 1.00 bits per heavy atom. The van der Waals surface area contributed by atoms with Crippen LogP contribution < -0.4 is 5.32 Å². The Morgan fingerprint density at radius 3 is 2.75 bits per heavy atom. The van der Waals surface area contributed by atoms with Crippen molar-refractivity contribution < 1.29 is 4.74 Å². The average molecular weight is 317 g/mol. The van der Waals surface area contributed by atoms with Gasteiger partial charge in [-0.1, -0.05) is 30.3 Å². The second kappa shape index (κ2) is 5.58. The molecular formula is C20H19N3O. The van der Waals surface area contributed by atoms with Crippen molar-refractivity contribution in [3.63, 3.8) is 0 Å². The first-order chi connectivity index (χ1) is 11.9. The summed E-state index contributed by atoms with van der Waals surface area (Å²) in [5.41, 5.74) is 5.69. The zero-order valence-corrected chi connectivity index (χ0v) is 13.5. The molecule has 0 spiro atoms. The third kappa shape index (κ3) is 2.27. The number of nitrogens with one attached hydrogen (secondary N) is 1. The highest BCUT2D eigenvalue weighted by atomic mass is 16.5. The number of rotatable bonds is 2. The molecular weight excluding hydrogens is 298 g/mol. The Balaban J connectivity index is 1.65. The predicted molar refractivity (Wildman–Crippen MR) is 96.6 cm³/mol. The fourth-order valence-electron chi connectivity index (χ4n) is 3.68. The molecule has 4 heteroatoms. The average Bonchev–Trinajstić information content (AvgIpc) is 2.63. The second-order valence-corrected chi connectivity index (χ2v) is 6.42. The largest absolute Gasteiger partial charge is 0.379 e. The van der Waals surface area contributed by atoms with Crippen molar-refractivity contribution in [1.29, 1.82) is 0 Å². The molecule has 3 aromatic rings. The van der Waals surface area contributed by atoms with Gasteiger partial charge >= 0.3 is 0 Å². The lowest BCUT2D eigenvalue weighted by atomic mass is 9.96. The van der Waals surface area contributed by atoms with Crippen LogP contribution in [0.3, 0.4) is 0 Å². The van der Waals surface area contributed by atoms with Crippen LogP contribution in [0.25, 0.3) is 22.0 Å². The lowest BCUT2D eigenvalue weighted by molar-refractivity contribution is 0.0337. The summed E-state index contributed by atoms with van der Waals surface area (Å²) in [6, 6.07) is 17.1. The first-order valence-corrected chi connectivity index (χ1v) is 8.48. The fraction of sp³-hybridized carbons (Fsp3) is 0.250. The molecule has 0 aliphatic carbocycles. The van der Waals surface area contributed by atoms with Crippen molar-refractivity contribution in [2.45, 2.75) is 6.54 Å². The van der Waals surface area contributed by atoms with E-state index in [1.54, 1.807) is 0 Å². The third-order valence-corrected chi connectivity index (χ3v) is 4.85. The first-order valence-electron chi connectivity index (χ1n) is 8.48. The maximum absolute atomic E-state index is 5.45. The predicted octanol–water partition coefficient (Wildman–Crippen LogP) is 3.79. The van der Waals surface area contributed by atoms with Crippen molar-refractivity contribution in [2.24, 2.45) is 0 Å². The van der Waals surface area contributed by atoms with Gasteiger partial charge in [0.05, 0.1) is 24.6 Å². The topological polar surface area (TPSA) is 37.4 Å². The van der Waals surface area contributed by atoms with Gasteiger partial charge in [0.15, 0.2) is 0 Å². The summed E-state index contributed by atoms with van der Waals surface area (Å²) in [6.07, 6.45) is 0. The number of fused-ring (bicyclic) bond motifs is 2. The van der Waals surface area contributed by atoms with Gasteiger partial charge in [0.2, 0.25) is 0 Å². The molecule has 1 aromatic heterocycles. The van der Waals surface area contributed by atoms with Crippen molar-refractivity contribution in [2.75, 3.05) is 31.6 Å². The number of benzene rings is 2. The first kappa shape index (κ1) is 14.0. The number of nitrogens with zero attached hydrogens (tertiary/aromatic N) is 2. The summed E-state index contributed by atoms with van der Waals surface area (Å²) in [4.78, 5) is 7.46. The Kier molecular flexibility index (Phi) is 3.25. The number of para-hydroxylation sites is 1. The van der Waals surface area contributed by atoms with Crippen LogP contribution in [-0.4, -0.2) is 36.2 Å². The van der Waals surface area contributed by atoms with Crippen molar-refractivity contribution in [3.8, 4) is 11.3 Å². The van der Waals surface area contributed by atoms with Crippen LogP contribution in [0.1, 0.15) is 5.69 Å². The highest BCUT2D eigenvalue weighted by molar-refractivity contribution is 6.09. The molecule has 2 aliphatic heterocycles. The standard InChI is InChI=1S/C20H19N3O/c1-2-6-17-16(5-1)20-19-14(4-3-7-18(19)22-17)12-15(21-20)13-23-8-10-24-11-9-23/h1-7,12,22H,8-11,13H2. The van der Waals surface area contributed by atoms with Gasteiger partial charge in [-0.15, -0.1) is 0 Å². The quantitative estimate of drug-likeness (QED) is 0.610. The molecule has 5 rings (SSSR count). The van der Waals surface area contributed by atoms with Gasteiger partial charge < -0.3 is 10.1 Å². The SMILES string of the molecule is c1ccc2c(c1)Nc1cccc3cc(CN4CCOCC4)nc-2c13. The minimum atomic E-state index is 0.817. The molecule has 1 N–H and O–H groups in total. The molecule has 0 radical (unpaired) electrons. The van der Waals surface area contributed by atoms with E-state index in [-0.39, 0.29) is 0 Å². The van der Waals surface area contributed by atoms with E-state index < -0.39 is 0 Å². The molecule has 0 bridgehead atoms. The van der Waals surface area contributed by atoms with E-state index in [0.717, 1.165) is 55.6 Å². The maximum Gasteiger partial charge on any atom is 0.0826 e. The Bertz CT molecular complexity index is 916. The molecule has 3 heterocycles. The van der Waals surface area contributed by atoms with Crippen molar-refractivity contribution in [3.05, 3.63) is 54.2 Å². The molecule has 1 fully saturated rings. The Hall–Kier alpha value is -2.43. The number of pyridine rings is 1. The van der Waals surface area contributed by atoms with Crippen LogP contribution in [0.5, 0.6) is 0 Å². The summed E-state index contributed by atoms with van der Waals surface area (Å²) >= 11 is 0. The molecule has 2 aromatic carbocycles. The number of hydrogen-bond acceptors (Lipinski definition) is 4. The van der Waals surface area contributed by atoms with Crippen molar-refractivity contribution >= 4 is 22.1 Å². The van der Waals surface area contributed by atoms with Gasteiger partial charge in [-0.25, -0.2) is 0 Å². The minimum absolute atomic E-state index is 0.817. The lowest BCUT2D eigenvalue weighted by Gasteiger charge is -2.27. The molecule has 0 saturated carbocycles. The lowest BCUT2D eigenvalue weighted by Crippen LogP contribution is -2.35. The van der Waals surface area contributed by atoms with Gasteiger partial charge in [0, 0.05) is 42.0 Å². The van der Waals surface area contributed by atoms with Crippen LogP contribution in [-0.2, 0) is 11.3 Å². The molecule has 24 heavy (non-hydrogen) atoms. The molecule has 120 valence electrons. The fourth-order valence-corrected chi connectivity index (χ4v) is 3.68. The number of morpholine rings is 1. The summed E-state index contributed by atoms with van der Waals surface area (Å²) in [5.74, 6) is 0. The number of aromatic nitrogens is 1. The zero-order chi connectivity index (χ0) is 15.9. The van der Waals surface area contributed by atoms with E-state index in [0.29, 0.717) is 0 Å². The smallest absolute Gasteiger partial charge is 0.0826 e. The van der Waals surface area contributed by atoms with E-state index in [1.165, 1.54) is 16.3 Å². The van der Waals surface area contributed by atoms with E-state index >= 15 is 0 Å². The van der Waals surface area contributed by atoms with Gasteiger partial charge in [-0.05, 0) is 23.6 Å². The number of hydrogen-bond donors (Lipinski definition) is 1. The van der Waals surface area contributed by atoms with Crippen molar-refractivity contribution in [1.82, 2.24) is 9.88 Å². The Morgan fingerprint density at radius 2 is 1.83 bits per heavy atom. The van der Waals surface area contributed by atoms with Gasteiger partial charge in [0.25, 0.3) is 0 Å². The maximum atomic E-state index is 5.45. The van der Waals surface area contributed by atoms with Crippen LogP contribution >= 0.6 is 0 Å². The molecule has 0 unspecified atom stereocenters. The second-order valence-electron chi connectivity index (χ2n) is 6.42. The summed E-state index contributed by atoms with van der Waals surface area (Å²) in [6.45, 7) is 4.47. The van der Waals surface area contributed by atoms with Crippen LogP contribution in [0.15, 0.2) is 48.5 Å². The zero-order valence-electron chi connectivity index (χ0n) is 13.5. The highest BCUT2D eigenvalue weighted by Crippen LogP contribution is 2.42. The number of anilines is 2. The van der Waals surface area contributed by atoms with Gasteiger partial charge in [-0.2, -0.15) is 0 Å². The summed E-state index contributed by atoms with van der Waals surface area (Å²) < 4.78 is 5.45. The summed E-state index contributed by atoms with van der Waals surface area (Å²) in [7, 11) is 0.